The van der Waals surface area contributed by atoms with E-state index in [9.17, 15) is 9.59 Å². The molecule has 0 spiro atoms. The lowest BCUT2D eigenvalue weighted by Gasteiger charge is -2.12. The van der Waals surface area contributed by atoms with Crippen LogP contribution in [0.2, 0.25) is 0 Å². The maximum Gasteiger partial charge on any atom is 0.255 e. The Hall–Kier alpha value is -2.82. The zero-order chi connectivity index (χ0) is 18.9. The molecule has 138 valence electrons. The summed E-state index contributed by atoms with van der Waals surface area (Å²) in [5.41, 5.74) is 1.45. The summed E-state index contributed by atoms with van der Waals surface area (Å²) >= 11 is 0. The van der Waals surface area contributed by atoms with E-state index in [1.54, 1.807) is 48.5 Å². The van der Waals surface area contributed by atoms with Crippen LogP contribution in [0.5, 0.6) is 5.75 Å². The third-order valence-corrected chi connectivity index (χ3v) is 3.72. The lowest BCUT2D eigenvalue weighted by Crippen LogP contribution is -2.26. The van der Waals surface area contributed by atoms with Gasteiger partial charge in [-0.3, -0.25) is 9.59 Å². The molecule has 0 unspecified atom stereocenters. The van der Waals surface area contributed by atoms with Crippen molar-refractivity contribution < 1.29 is 14.3 Å². The van der Waals surface area contributed by atoms with E-state index in [2.05, 4.69) is 17.6 Å². The smallest absolute Gasteiger partial charge is 0.255 e. The fourth-order valence-electron chi connectivity index (χ4n) is 2.42. The maximum absolute atomic E-state index is 12.5. The van der Waals surface area contributed by atoms with E-state index in [1.165, 1.54) is 0 Å². The standard InChI is InChI=1S/C21H26N2O3/c1-4-5-14-22-21(25)18-8-6-7-9-19(18)23-20(24)16-10-12-17(13-11-16)26-15(2)3/h6-13,15H,4-5,14H2,1-3H3,(H,22,25)(H,23,24). The Morgan fingerprint density at radius 2 is 1.69 bits per heavy atom. The first kappa shape index (κ1) is 19.5. The Morgan fingerprint density at radius 3 is 2.35 bits per heavy atom. The minimum Gasteiger partial charge on any atom is -0.491 e. The minimum absolute atomic E-state index is 0.0766. The molecule has 0 saturated heterocycles. The third-order valence-electron chi connectivity index (χ3n) is 3.72. The van der Waals surface area contributed by atoms with Gasteiger partial charge in [0.05, 0.1) is 17.4 Å². The zero-order valence-corrected chi connectivity index (χ0v) is 15.5. The quantitative estimate of drug-likeness (QED) is 0.696. The van der Waals surface area contributed by atoms with Gasteiger partial charge in [-0.05, 0) is 56.7 Å². The van der Waals surface area contributed by atoms with Crippen molar-refractivity contribution in [3.8, 4) is 5.75 Å². The molecule has 0 saturated carbocycles. The van der Waals surface area contributed by atoms with E-state index in [1.807, 2.05) is 13.8 Å². The van der Waals surface area contributed by atoms with Crippen LogP contribution in [0, 0.1) is 0 Å². The average Bonchev–Trinajstić information content (AvgIpc) is 2.62. The molecule has 26 heavy (non-hydrogen) atoms. The van der Waals surface area contributed by atoms with Crippen molar-refractivity contribution in [2.75, 3.05) is 11.9 Å². The molecule has 0 aromatic heterocycles. The Labute approximate surface area is 154 Å². The Balaban J connectivity index is 2.08. The van der Waals surface area contributed by atoms with Crippen LogP contribution in [0.25, 0.3) is 0 Å². The van der Waals surface area contributed by atoms with Crippen LogP contribution in [0.15, 0.2) is 48.5 Å². The van der Waals surface area contributed by atoms with Crippen LogP contribution in [-0.2, 0) is 0 Å². The van der Waals surface area contributed by atoms with Crippen molar-refractivity contribution in [1.82, 2.24) is 5.32 Å². The highest BCUT2D eigenvalue weighted by Gasteiger charge is 2.14. The van der Waals surface area contributed by atoms with Gasteiger partial charge in [0, 0.05) is 12.1 Å². The van der Waals surface area contributed by atoms with Gasteiger partial charge in [-0.2, -0.15) is 0 Å². The Morgan fingerprint density at radius 1 is 1.00 bits per heavy atom. The van der Waals surface area contributed by atoms with E-state index >= 15 is 0 Å². The number of benzene rings is 2. The fourth-order valence-corrected chi connectivity index (χ4v) is 2.42. The number of ether oxygens (including phenoxy) is 1. The highest BCUT2D eigenvalue weighted by Crippen LogP contribution is 2.18. The lowest BCUT2D eigenvalue weighted by atomic mass is 10.1. The van der Waals surface area contributed by atoms with E-state index in [-0.39, 0.29) is 17.9 Å². The number of unbranched alkanes of at least 4 members (excludes halogenated alkanes) is 1. The van der Waals surface area contributed by atoms with Crippen molar-refractivity contribution in [1.29, 1.82) is 0 Å². The first-order valence-electron chi connectivity index (χ1n) is 8.96. The van der Waals surface area contributed by atoms with Crippen molar-refractivity contribution in [2.45, 2.75) is 39.7 Å². The van der Waals surface area contributed by atoms with Gasteiger partial charge in [0.1, 0.15) is 5.75 Å². The molecule has 0 atom stereocenters. The molecule has 5 heteroatoms. The number of hydrogen-bond acceptors (Lipinski definition) is 3. The molecule has 5 nitrogen and oxygen atoms in total. The van der Waals surface area contributed by atoms with Crippen LogP contribution >= 0.6 is 0 Å². The Kier molecular flexibility index (Phi) is 7.21. The molecule has 2 rings (SSSR count). The predicted molar refractivity (Wildman–Crippen MR) is 104 cm³/mol. The van der Waals surface area contributed by atoms with Crippen molar-refractivity contribution in [2.24, 2.45) is 0 Å². The fraction of sp³-hybridized carbons (Fsp3) is 0.333. The van der Waals surface area contributed by atoms with Gasteiger partial charge in [0.2, 0.25) is 0 Å². The van der Waals surface area contributed by atoms with E-state index < -0.39 is 0 Å². The number of rotatable bonds is 8. The maximum atomic E-state index is 12.5. The molecule has 0 heterocycles. The van der Waals surface area contributed by atoms with Gasteiger partial charge < -0.3 is 15.4 Å². The third kappa shape index (κ3) is 5.62. The number of nitrogens with one attached hydrogen (secondary N) is 2. The number of carbonyl (C=O) groups excluding carboxylic acids is 2. The molecule has 2 aromatic rings. The van der Waals surface area contributed by atoms with Crippen molar-refractivity contribution >= 4 is 17.5 Å². The molecule has 0 fully saturated rings. The SMILES string of the molecule is CCCCNC(=O)c1ccccc1NC(=O)c1ccc(OC(C)C)cc1. The number of para-hydroxylation sites is 1. The first-order valence-corrected chi connectivity index (χ1v) is 8.96. The largest absolute Gasteiger partial charge is 0.491 e. The first-order chi connectivity index (χ1) is 12.5. The minimum atomic E-state index is -0.269. The molecule has 0 aliphatic carbocycles. The molecular weight excluding hydrogens is 328 g/mol. The molecular formula is C21H26N2O3. The number of hydrogen-bond donors (Lipinski definition) is 2. The van der Waals surface area contributed by atoms with Crippen molar-refractivity contribution in [3.05, 3.63) is 59.7 Å². The molecule has 0 aliphatic heterocycles. The second kappa shape index (κ2) is 9.61. The van der Waals surface area contributed by atoms with Crippen LogP contribution in [0.1, 0.15) is 54.3 Å². The van der Waals surface area contributed by atoms with Gasteiger partial charge in [-0.1, -0.05) is 25.5 Å². The molecule has 2 aromatic carbocycles. The monoisotopic (exact) mass is 354 g/mol. The summed E-state index contributed by atoms with van der Waals surface area (Å²) in [5.74, 6) is 0.261. The number of carbonyl (C=O) groups is 2. The van der Waals surface area contributed by atoms with Crippen LogP contribution in [-0.4, -0.2) is 24.5 Å². The summed E-state index contributed by atoms with van der Waals surface area (Å²) in [4.78, 5) is 24.8. The Bertz CT molecular complexity index is 739. The van der Waals surface area contributed by atoms with E-state index in [0.29, 0.717) is 29.1 Å². The summed E-state index contributed by atoms with van der Waals surface area (Å²) in [5, 5.41) is 5.69. The number of anilines is 1. The number of amides is 2. The highest BCUT2D eigenvalue weighted by atomic mass is 16.5. The second-order valence-electron chi connectivity index (χ2n) is 6.30. The summed E-state index contributed by atoms with van der Waals surface area (Å²) in [6.45, 7) is 6.58. The van der Waals surface area contributed by atoms with Crippen LogP contribution in [0.4, 0.5) is 5.69 Å². The normalized spacial score (nSPS) is 10.5. The zero-order valence-electron chi connectivity index (χ0n) is 15.5. The van der Waals surface area contributed by atoms with E-state index in [0.717, 1.165) is 12.8 Å². The lowest BCUT2D eigenvalue weighted by molar-refractivity contribution is 0.0954. The predicted octanol–water partition coefficient (Wildman–Crippen LogP) is 4.26. The molecule has 2 amide bonds. The van der Waals surface area contributed by atoms with Crippen molar-refractivity contribution in [3.63, 3.8) is 0 Å². The van der Waals surface area contributed by atoms with Crippen LogP contribution in [0.3, 0.4) is 0 Å². The topological polar surface area (TPSA) is 67.4 Å². The van der Waals surface area contributed by atoms with Gasteiger partial charge in [0.15, 0.2) is 0 Å². The second-order valence-corrected chi connectivity index (χ2v) is 6.30. The van der Waals surface area contributed by atoms with E-state index in [4.69, 9.17) is 4.74 Å². The summed E-state index contributed by atoms with van der Waals surface area (Å²) in [6.07, 6.45) is 2.01. The molecule has 0 aliphatic rings. The molecule has 2 N–H and O–H groups in total. The molecule has 0 bridgehead atoms. The van der Waals surface area contributed by atoms with Crippen LogP contribution < -0.4 is 15.4 Å². The summed E-state index contributed by atoms with van der Waals surface area (Å²) < 4.78 is 5.58. The average molecular weight is 354 g/mol. The van der Waals surface area contributed by atoms with Gasteiger partial charge in [-0.25, -0.2) is 0 Å². The summed E-state index contributed by atoms with van der Waals surface area (Å²) in [7, 11) is 0. The molecule has 0 radical (unpaired) electrons. The van der Waals surface area contributed by atoms with Gasteiger partial charge >= 0.3 is 0 Å². The van der Waals surface area contributed by atoms with Gasteiger partial charge in [0.25, 0.3) is 11.8 Å². The summed E-state index contributed by atoms with van der Waals surface area (Å²) in [6, 6.07) is 13.9. The van der Waals surface area contributed by atoms with Gasteiger partial charge in [-0.15, -0.1) is 0 Å². The highest BCUT2D eigenvalue weighted by molar-refractivity contribution is 6.09.